The fourth-order valence-electron chi connectivity index (χ4n) is 2.06. The first kappa shape index (κ1) is 11.6. The van der Waals surface area contributed by atoms with Crippen molar-refractivity contribution >= 4 is 11.3 Å². The van der Waals surface area contributed by atoms with Gasteiger partial charge in [0.2, 0.25) is 0 Å². The number of thiophene rings is 1. The highest BCUT2D eigenvalue weighted by molar-refractivity contribution is 7.15. The SMILES string of the molecule is CCc1ccc(-c2nc3c(c(=O)[nH]2)COCC3)s1. The van der Waals surface area contributed by atoms with E-state index in [0.717, 1.165) is 23.4 Å². The summed E-state index contributed by atoms with van der Waals surface area (Å²) in [6, 6.07) is 4.11. The quantitative estimate of drug-likeness (QED) is 0.902. The monoisotopic (exact) mass is 262 g/mol. The fraction of sp³-hybridized carbons (Fsp3) is 0.385. The lowest BCUT2D eigenvalue weighted by Crippen LogP contribution is -2.24. The highest BCUT2D eigenvalue weighted by Crippen LogP contribution is 2.26. The lowest BCUT2D eigenvalue weighted by atomic mass is 10.1. The minimum absolute atomic E-state index is 0.0684. The van der Waals surface area contributed by atoms with Gasteiger partial charge in [0, 0.05) is 11.3 Å². The van der Waals surface area contributed by atoms with Crippen molar-refractivity contribution in [2.24, 2.45) is 0 Å². The minimum Gasteiger partial charge on any atom is -0.376 e. The molecule has 0 amide bonds. The number of nitrogens with zero attached hydrogens (tertiary/aromatic N) is 1. The normalized spacial score (nSPS) is 14.5. The molecule has 0 bridgehead atoms. The van der Waals surface area contributed by atoms with Gasteiger partial charge in [-0.25, -0.2) is 4.98 Å². The van der Waals surface area contributed by atoms with E-state index < -0.39 is 0 Å². The number of aromatic amines is 1. The summed E-state index contributed by atoms with van der Waals surface area (Å²) in [6.07, 6.45) is 1.73. The van der Waals surface area contributed by atoms with Crippen molar-refractivity contribution in [3.8, 4) is 10.7 Å². The Hall–Kier alpha value is -1.46. The summed E-state index contributed by atoms with van der Waals surface area (Å²) in [6.45, 7) is 3.14. The molecular weight excluding hydrogens is 248 g/mol. The molecule has 3 heterocycles. The van der Waals surface area contributed by atoms with Gasteiger partial charge in [-0.05, 0) is 18.6 Å². The number of ether oxygens (including phenoxy) is 1. The fourth-order valence-corrected chi connectivity index (χ4v) is 2.95. The van der Waals surface area contributed by atoms with Crippen molar-refractivity contribution in [3.63, 3.8) is 0 Å². The summed E-state index contributed by atoms with van der Waals surface area (Å²) in [5.74, 6) is 0.686. The largest absolute Gasteiger partial charge is 0.376 e. The van der Waals surface area contributed by atoms with E-state index in [2.05, 4.69) is 23.0 Å². The van der Waals surface area contributed by atoms with Crippen LogP contribution >= 0.6 is 11.3 Å². The van der Waals surface area contributed by atoms with Gasteiger partial charge in [0.15, 0.2) is 5.82 Å². The molecule has 2 aromatic rings. The number of aryl methyl sites for hydroxylation is 1. The maximum atomic E-state index is 12.0. The summed E-state index contributed by atoms with van der Waals surface area (Å²) in [5.41, 5.74) is 1.49. The van der Waals surface area contributed by atoms with E-state index in [1.807, 2.05) is 6.07 Å². The van der Waals surface area contributed by atoms with E-state index in [4.69, 9.17) is 4.74 Å². The van der Waals surface area contributed by atoms with Crippen LogP contribution in [0.5, 0.6) is 0 Å². The summed E-state index contributed by atoms with van der Waals surface area (Å²) in [5, 5.41) is 0. The number of H-pyrrole nitrogens is 1. The Morgan fingerprint density at radius 2 is 2.39 bits per heavy atom. The molecule has 0 unspecified atom stereocenters. The first-order valence-corrected chi connectivity index (χ1v) is 6.88. The van der Waals surface area contributed by atoms with E-state index in [1.54, 1.807) is 11.3 Å². The van der Waals surface area contributed by atoms with Crippen LogP contribution < -0.4 is 5.56 Å². The van der Waals surface area contributed by atoms with Crippen LogP contribution in [0.2, 0.25) is 0 Å². The van der Waals surface area contributed by atoms with E-state index >= 15 is 0 Å². The molecule has 18 heavy (non-hydrogen) atoms. The second-order valence-corrected chi connectivity index (χ2v) is 5.43. The van der Waals surface area contributed by atoms with E-state index in [-0.39, 0.29) is 5.56 Å². The summed E-state index contributed by atoms with van der Waals surface area (Å²) in [4.78, 5) is 21.7. The van der Waals surface area contributed by atoms with Crippen molar-refractivity contribution in [1.82, 2.24) is 9.97 Å². The van der Waals surface area contributed by atoms with Gasteiger partial charge in [0.1, 0.15) is 0 Å². The molecule has 2 aromatic heterocycles. The summed E-state index contributed by atoms with van der Waals surface area (Å²) < 4.78 is 5.29. The third-order valence-electron chi connectivity index (χ3n) is 3.07. The number of rotatable bonds is 2. The van der Waals surface area contributed by atoms with Crippen molar-refractivity contribution in [2.75, 3.05) is 6.61 Å². The average molecular weight is 262 g/mol. The van der Waals surface area contributed by atoms with Crippen LogP contribution in [-0.4, -0.2) is 16.6 Å². The Bertz CT molecular complexity index is 630. The van der Waals surface area contributed by atoms with Crippen molar-refractivity contribution in [2.45, 2.75) is 26.4 Å². The van der Waals surface area contributed by atoms with Crippen LogP contribution in [0.3, 0.4) is 0 Å². The molecule has 0 aromatic carbocycles. The minimum atomic E-state index is -0.0684. The smallest absolute Gasteiger partial charge is 0.256 e. The maximum Gasteiger partial charge on any atom is 0.256 e. The Balaban J connectivity index is 2.07. The van der Waals surface area contributed by atoms with E-state index in [1.165, 1.54) is 4.88 Å². The molecule has 0 spiro atoms. The zero-order chi connectivity index (χ0) is 12.5. The molecule has 0 fully saturated rings. The van der Waals surface area contributed by atoms with Crippen LogP contribution in [0.25, 0.3) is 10.7 Å². The van der Waals surface area contributed by atoms with Crippen LogP contribution in [-0.2, 0) is 24.2 Å². The molecule has 0 saturated heterocycles. The molecule has 0 radical (unpaired) electrons. The standard InChI is InChI=1S/C13H14N2O2S/c1-2-8-3-4-11(18-8)12-14-10-5-6-17-7-9(10)13(16)15-12/h3-4H,2,5-7H2,1H3,(H,14,15,16). The lowest BCUT2D eigenvalue weighted by Gasteiger charge is -2.14. The van der Waals surface area contributed by atoms with Crippen LogP contribution in [0, 0.1) is 0 Å². The molecule has 0 aliphatic carbocycles. The van der Waals surface area contributed by atoms with Gasteiger partial charge >= 0.3 is 0 Å². The molecule has 0 atom stereocenters. The van der Waals surface area contributed by atoms with Crippen LogP contribution in [0.15, 0.2) is 16.9 Å². The number of aromatic nitrogens is 2. The molecule has 4 nitrogen and oxygen atoms in total. The molecule has 94 valence electrons. The van der Waals surface area contributed by atoms with Gasteiger partial charge in [-0.3, -0.25) is 4.79 Å². The van der Waals surface area contributed by atoms with Gasteiger partial charge in [0.25, 0.3) is 5.56 Å². The first-order chi connectivity index (χ1) is 8.78. The van der Waals surface area contributed by atoms with Crippen molar-refractivity contribution in [3.05, 3.63) is 38.6 Å². The van der Waals surface area contributed by atoms with Crippen LogP contribution in [0.4, 0.5) is 0 Å². The molecule has 1 aliphatic heterocycles. The zero-order valence-electron chi connectivity index (χ0n) is 10.2. The number of fused-ring (bicyclic) bond motifs is 1. The van der Waals surface area contributed by atoms with Gasteiger partial charge in [0.05, 0.1) is 29.3 Å². The molecule has 5 heteroatoms. The Labute approximate surface area is 109 Å². The second kappa shape index (κ2) is 4.66. The number of hydrogen-bond donors (Lipinski definition) is 1. The van der Waals surface area contributed by atoms with Crippen LogP contribution in [0.1, 0.15) is 23.1 Å². The Kier molecular flexibility index (Phi) is 3.01. The van der Waals surface area contributed by atoms with Gasteiger partial charge in [-0.2, -0.15) is 0 Å². The molecule has 0 saturated carbocycles. The number of nitrogens with one attached hydrogen (secondary N) is 1. The third-order valence-corrected chi connectivity index (χ3v) is 4.31. The van der Waals surface area contributed by atoms with Gasteiger partial charge in [-0.1, -0.05) is 6.92 Å². The molecule has 1 N–H and O–H groups in total. The predicted octanol–water partition coefficient (Wildman–Crippen LogP) is 2.13. The average Bonchev–Trinajstić information content (AvgIpc) is 2.87. The lowest BCUT2D eigenvalue weighted by molar-refractivity contribution is 0.108. The zero-order valence-corrected chi connectivity index (χ0v) is 11.0. The Morgan fingerprint density at radius 1 is 1.50 bits per heavy atom. The summed E-state index contributed by atoms with van der Waals surface area (Å²) >= 11 is 1.68. The van der Waals surface area contributed by atoms with Crippen molar-refractivity contribution in [1.29, 1.82) is 0 Å². The molecular formula is C13H14N2O2S. The van der Waals surface area contributed by atoms with Crippen molar-refractivity contribution < 1.29 is 4.74 Å². The van der Waals surface area contributed by atoms with Gasteiger partial charge < -0.3 is 9.72 Å². The van der Waals surface area contributed by atoms with Gasteiger partial charge in [-0.15, -0.1) is 11.3 Å². The second-order valence-electron chi connectivity index (χ2n) is 4.26. The highest BCUT2D eigenvalue weighted by atomic mass is 32.1. The third kappa shape index (κ3) is 2.00. The summed E-state index contributed by atoms with van der Waals surface area (Å²) in [7, 11) is 0. The highest BCUT2D eigenvalue weighted by Gasteiger charge is 2.17. The molecule has 3 rings (SSSR count). The first-order valence-electron chi connectivity index (χ1n) is 6.07. The maximum absolute atomic E-state index is 12.0. The van der Waals surface area contributed by atoms with E-state index in [0.29, 0.717) is 24.6 Å². The van der Waals surface area contributed by atoms with E-state index in [9.17, 15) is 4.79 Å². The Morgan fingerprint density at radius 3 is 3.17 bits per heavy atom. The number of hydrogen-bond acceptors (Lipinski definition) is 4. The topological polar surface area (TPSA) is 55.0 Å². The molecule has 1 aliphatic rings. The predicted molar refractivity (Wildman–Crippen MR) is 70.9 cm³/mol.